The lowest BCUT2D eigenvalue weighted by Gasteiger charge is -2.20. The normalized spacial score (nSPS) is 13.1. The molecule has 0 amide bonds. The Bertz CT molecular complexity index is 342. The second-order valence-electron chi connectivity index (χ2n) is 4.27. The van der Waals surface area contributed by atoms with Gasteiger partial charge in [-0.2, -0.15) is 0 Å². The van der Waals surface area contributed by atoms with Gasteiger partial charge in [-0.15, -0.1) is 0 Å². The molecule has 1 rings (SSSR count). The van der Waals surface area contributed by atoms with Crippen LogP contribution in [0, 0.1) is 17.6 Å². The second-order valence-corrected chi connectivity index (χ2v) is 4.27. The predicted octanol–water partition coefficient (Wildman–Crippen LogP) is 1.99. The molecule has 0 bridgehead atoms. The minimum atomic E-state index is -0.406. The SMILES string of the molecule is CC(CN)CN(C)Cc1cc(F)ccc1F. The topological polar surface area (TPSA) is 29.3 Å². The van der Waals surface area contributed by atoms with Gasteiger partial charge in [-0.05, 0) is 37.7 Å². The van der Waals surface area contributed by atoms with E-state index in [9.17, 15) is 8.78 Å². The number of benzene rings is 1. The molecule has 0 saturated carbocycles. The van der Waals surface area contributed by atoms with Crippen molar-refractivity contribution < 1.29 is 8.78 Å². The van der Waals surface area contributed by atoms with Gasteiger partial charge in [0.1, 0.15) is 11.6 Å². The third-order valence-electron chi connectivity index (χ3n) is 2.47. The maximum atomic E-state index is 13.3. The van der Waals surface area contributed by atoms with Gasteiger partial charge in [0.25, 0.3) is 0 Å². The van der Waals surface area contributed by atoms with Crippen LogP contribution in [-0.4, -0.2) is 25.0 Å². The van der Waals surface area contributed by atoms with E-state index in [-0.39, 0.29) is 5.82 Å². The monoisotopic (exact) mass is 228 g/mol. The van der Waals surface area contributed by atoms with Crippen molar-refractivity contribution in [1.29, 1.82) is 0 Å². The van der Waals surface area contributed by atoms with Gasteiger partial charge < -0.3 is 10.6 Å². The molecule has 1 aromatic carbocycles. The van der Waals surface area contributed by atoms with Gasteiger partial charge in [-0.3, -0.25) is 0 Å². The van der Waals surface area contributed by atoms with Crippen LogP contribution in [-0.2, 0) is 6.54 Å². The quantitative estimate of drug-likeness (QED) is 0.835. The van der Waals surface area contributed by atoms with Crippen LogP contribution in [0.4, 0.5) is 8.78 Å². The lowest BCUT2D eigenvalue weighted by molar-refractivity contribution is 0.278. The van der Waals surface area contributed by atoms with Crippen molar-refractivity contribution in [2.75, 3.05) is 20.1 Å². The van der Waals surface area contributed by atoms with E-state index < -0.39 is 5.82 Å². The first-order valence-electron chi connectivity index (χ1n) is 5.35. The van der Waals surface area contributed by atoms with Crippen molar-refractivity contribution in [3.8, 4) is 0 Å². The van der Waals surface area contributed by atoms with Crippen LogP contribution in [0.25, 0.3) is 0 Å². The molecule has 2 N–H and O–H groups in total. The van der Waals surface area contributed by atoms with Crippen LogP contribution >= 0.6 is 0 Å². The molecule has 1 atom stereocenters. The molecule has 0 aliphatic rings. The summed E-state index contributed by atoms with van der Waals surface area (Å²) >= 11 is 0. The van der Waals surface area contributed by atoms with E-state index in [2.05, 4.69) is 0 Å². The number of hydrogen-bond donors (Lipinski definition) is 1. The maximum absolute atomic E-state index is 13.3. The molecular weight excluding hydrogens is 210 g/mol. The fraction of sp³-hybridized carbons (Fsp3) is 0.500. The summed E-state index contributed by atoms with van der Waals surface area (Å²) in [4.78, 5) is 1.94. The van der Waals surface area contributed by atoms with Crippen molar-refractivity contribution in [3.63, 3.8) is 0 Å². The van der Waals surface area contributed by atoms with Crippen LogP contribution < -0.4 is 5.73 Å². The van der Waals surface area contributed by atoms with Crippen LogP contribution in [0.5, 0.6) is 0 Å². The molecule has 0 heterocycles. The van der Waals surface area contributed by atoms with Gasteiger partial charge in [0, 0.05) is 18.7 Å². The lowest BCUT2D eigenvalue weighted by atomic mass is 10.1. The highest BCUT2D eigenvalue weighted by Gasteiger charge is 2.09. The van der Waals surface area contributed by atoms with Crippen molar-refractivity contribution in [2.24, 2.45) is 11.7 Å². The van der Waals surface area contributed by atoms with E-state index in [0.29, 0.717) is 24.6 Å². The van der Waals surface area contributed by atoms with Crippen molar-refractivity contribution >= 4 is 0 Å². The summed E-state index contributed by atoms with van der Waals surface area (Å²) in [6.45, 7) is 3.79. The van der Waals surface area contributed by atoms with Gasteiger partial charge >= 0.3 is 0 Å². The Hall–Kier alpha value is -1.00. The van der Waals surface area contributed by atoms with E-state index in [1.807, 2.05) is 18.9 Å². The molecular formula is C12H18F2N2. The Morgan fingerprint density at radius 1 is 1.38 bits per heavy atom. The summed E-state index contributed by atoms with van der Waals surface area (Å²) in [5.74, 6) is -0.424. The average molecular weight is 228 g/mol. The zero-order valence-corrected chi connectivity index (χ0v) is 9.71. The molecule has 1 unspecified atom stereocenters. The third kappa shape index (κ3) is 3.87. The number of hydrogen-bond acceptors (Lipinski definition) is 2. The van der Waals surface area contributed by atoms with E-state index in [1.165, 1.54) is 6.07 Å². The van der Waals surface area contributed by atoms with Crippen LogP contribution in [0.2, 0.25) is 0 Å². The molecule has 0 aliphatic heterocycles. The first-order valence-corrected chi connectivity index (χ1v) is 5.35. The first-order chi connectivity index (χ1) is 7.52. The zero-order valence-electron chi connectivity index (χ0n) is 9.71. The van der Waals surface area contributed by atoms with E-state index in [0.717, 1.165) is 18.7 Å². The maximum Gasteiger partial charge on any atom is 0.127 e. The smallest absolute Gasteiger partial charge is 0.127 e. The highest BCUT2D eigenvalue weighted by molar-refractivity contribution is 5.18. The summed E-state index contributed by atoms with van der Waals surface area (Å²) in [5.41, 5.74) is 5.89. The van der Waals surface area contributed by atoms with Crippen LogP contribution in [0.15, 0.2) is 18.2 Å². The molecule has 2 nitrogen and oxygen atoms in total. The molecule has 0 radical (unpaired) electrons. The van der Waals surface area contributed by atoms with Crippen molar-refractivity contribution in [2.45, 2.75) is 13.5 Å². The number of halogens is 2. The molecule has 0 fully saturated rings. The second kappa shape index (κ2) is 5.92. The van der Waals surface area contributed by atoms with Gasteiger partial charge in [-0.1, -0.05) is 6.92 Å². The van der Waals surface area contributed by atoms with Crippen LogP contribution in [0.1, 0.15) is 12.5 Å². The molecule has 16 heavy (non-hydrogen) atoms. The Morgan fingerprint density at radius 2 is 2.06 bits per heavy atom. The van der Waals surface area contributed by atoms with Crippen LogP contribution in [0.3, 0.4) is 0 Å². The number of nitrogens with zero attached hydrogens (tertiary/aromatic N) is 1. The Morgan fingerprint density at radius 3 is 2.69 bits per heavy atom. The van der Waals surface area contributed by atoms with E-state index >= 15 is 0 Å². The van der Waals surface area contributed by atoms with Gasteiger partial charge in [0.15, 0.2) is 0 Å². The van der Waals surface area contributed by atoms with Gasteiger partial charge in [0.05, 0.1) is 0 Å². The Labute approximate surface area is 95.1 Å². The van der Waals surface area contributed by atoms with Gasteiger partial charge in [-0.25, -0.2) is 8.78 Å². The van der Waals surface area contributed by atoms with Gasteiger partial charge in [0.2, 0.25) is 0 Å². The lowest BCUT2D eigenvalue weighted by Crippen LogP contribution is -2.28. The average Bonchev–Trinajstić information content (AvgIpc) is 2.23. The highest BCUT2D eigenvalue weighted by atomic mass is 19.1. The third-order valence-corrected chi connectivity index (χ3v) is 2.47. The van der Waals surface area contributed by atoms with E-state index in [1.54, 1.807) is 0 Å². The summed E-state index contributed by atoms with van der Waals surface area (Å²) in [6.07, 6.45) is 0. The fourth-order valence-corrected chi connectivity index (χ4v) is 1.63. The van der Waals surface area contributed by atoms with Crippen molar-refractivity contribution in [3.05, 3.63) is 35.4 Å². The number of rotatable bonds is 5. The summed E-state index contributed by atoms with van der Waals surface area (Å²) in [6, 6.07) is 3.52. The molecule has 90 valence electrons. The largest absolute Gasteiger partial charge is 0.330 e. The minimum Gasteiger partial charge on any atom is -0.330 e. The molecule has 1 aromatic rings. The number of nitrogens with two attached hydrogens (primary N) is 1. The minimum absolute atomic E-state index is 0.349. The molecule has 0 aromatic heterocycles. The Balaban J connectivity index is 2.61. The summed E-state index contributed by atoms with van der Waals surface area (Å²) < 4.78 is 26.3. The standard InChI is InChI=1S/C12H18F2N2/c1-9(6-15)7-16(2)8-10-5-11(13)3-4-12(10)14/h3-5,9H,6-8,15H2,1-2H3. The molecule has 0 spiro atoms. The molecule has 0 aliphatic carbocycles. The highest BCUT2D eigenvalue weighted by Crippen LogP contribution is 2.12. The molecule has 4 heteroatoms. The summed E-state index contributed by atoms with van der Waals surface area (Å²) in [7, 11) is 1.87. The Kier molecular flexibility index (Phi) is 4.83. The zero-order chi connectivity index (χ0) is 12.1. The fourth-order valence-electron chi connectivity index (χ4n) is 1.63. The van der Waals surface area contributed by atoms with Crippen molar-refractivity contribution in [1.82, 2.24) is 4.90 Å². The predicted molar refractivity (Wildman–Crippen MR) is 60.9 cm³/mol. The van der Waals surface area contributed by atoms with E-state index in [4.69, 9.17) is 5.73 Å². The molecule has 0 saturated heterocycles. The first kappa shape index (κ1) is 13.1. The summed E-state index contributed by atoms with van der Waals surface area (Å²) in [5, 5.41) is 0.